The van der Waals surface area contributed by atoms with E-state index in [0.29, 0.717) is 0 Å². The summed E-state index contributed by atoms with van der Waals surface area (Å²) in [6, 6.07) is 0. The number of hydrogen-bond acceptors (Lipinski definition) is 4. The molecule has 0 N–H and O–H groups in total. The fraction of sp³-hybridized carbons (Fsp3) is 1.00. The SMILES string of the molecule is BCC(OB)OCCN(C)C(C)(C)N1CCCC1. The van der Waals surface area contributed by atoms with E-state index in [1.54, 1.807) is 8.05 Å². The molecule has 0 radical (unpaired) electrons. The molecule has 0 aromatic rings. The number of likely N-dealkylation sites (tertiary alicyclic amines) is 1. The quantitative estimate of drug-likeness (QED) is 0.439. The highest BCUT2D eigenvalue weighted by Gasteiger charge is 2.32. The van der Waals surface area contributed by atoms with Gasteiger partial charge in [0.15, 0.2) is 0 Å². The van der Waals surface area contributed by atoms with Gasteiger partial charge in [-0.05, 0) is 53.1 Å². The van der Waals surface area contributed by atoms with Crippen LogP contribution >= 0.6 is 0 Å². The average molecular weight is 254 g/mol. The molecule has 1 saturated heterocycles. The molecule has 1 aliphatic heterocycles. The normalized spacial score (nSPS) is 19.6. The summed E-state index contributed by atoms with van der Waals surface area (Å²) < 4.78 is 10.9. The number of likely N-dealkylation sites (N-methyl/N-ethyl adjacent to an activating group) is 1. The van der Waals surface area contributed by atoms with Crippen molar-refractivity contribution >= 4 is 15.9 Å². The van der Waals surface area contributed by atoms with Gasteiger partial charge < -0.3 is 9.39 Å². The van der Waals surface area contributed by atoms with Crippen molar-refractivity contribution in [2.24, 2.45) is 0 Å². The first-order valence-electron chi connectivity index (χ1n) is 7.13. The summed E-state index contributed by atoms with van der Waals surface area (Å²) >= 11 is 0. The summed E-state index contributed by atoms with van der Waals surface area (Å²) in [6.45, 7) is 8.68. The van der Waals surface area contributed by atoms with Gasteiger partial charge in [-0.25, -0.2) is 0 Å². The predicted molar refractivity (Wildman–Crippen MR) is 80.2 cm³/mol. The van der Waals surface area contributed by atoms with Crippen molar-refractivity contribution < 1.29 is 9.39 Å². The molecule has 1 aliphatic rings. The molecular formula is C12H28B2N2O2. The zero-order valence-corrected chi connectivity index (χ0v) is 12.7. The first-order chi connectivity index (χ1) is 8.52. The highest BCUT2D eigenvalue weighted by Crippen LogP contribution is 2.23. The maximum atomic E-state index is 5.69. The van der Waals surface area contributed by atoms with Crippen molar-refractivity contribution in [1.82, 2.24) is 9.80 Å². The highest BCUT2D eigenvalue weighted by molar-refractivity contribution is 6.09. The maximum absolute atomic E-state index is 5.69. The Morgan fingerprint density at radius 2 is 1.94 bits per heavy atom. The lowest BCUT2D eigenvalue weighted by atomic mass is 10.1. The highest BCUT2D eigenvalue weighted by atomic mass is 16.7. The van der Waals surface area contributed by atoms with Crippen LogP contribution in [0.1, 0.15) is 26.7 Å². The topological polar surface area (TPSA) is 24.9 Å². The minimum absolute atomic E-state index is 0.0618. The molecule has 0 spiro atoms. The van der Waals surface area contributed by atoms with Crippen LogP contribution in [0.4, 0.5) is 0 Å². The second-order valence-electron chi connectivity index (χ2n) is 5.55. The second kappa shape index (κ2) is 7.53. The minimum Gasteiger partial charge on any atom is -0.421 e. The summed E-state index contributed by atoms with van der Waals surface area (Å²) in [6.07, 6.45) is 3.49. The van der Waals surface area contributed by atoms with Crippen LogP contribution in [0, 0.1) is 0 Å². The lowest BCUT2D eigenvalue weighted by Crippen LogP contribution is -2.55. The fourth-order valence-electron chi connectivity index (χ4n) is 2.45. The largest absolute Gasteiger partial charge is 0.421 e. The van der Waals surface area contributed by atoms with Gasteiger partial charge in [0.25, 0.3) is 8.05 Å². The maximum Gasteiger partial charge on any atom is 0.260 e. The monoisotopic (exact) mass is 254 g/mol. The Balaban J connectivity index is 2.32. The standard InChI is InChI=1S/C12H28B2N2O2/c1-12(2,16-6-4-5-7-16)15(3)8-9-17-11(10-13)18-14/h11H,4-10,13-14H2,1-3H3. The first-order valence-corrected chi connectivity index (χ1v) is 7.13. The van der Waals surface area contributed by atoms with Gasteiger partial charge in [-0.3, -0.25) is 9.80 Å². The molecule has 0 aromatic heterocycles. The van der Waals surface area contributed by atoms with Crippen molar-refractivity contribution in [3.63, 3.8) is 0 Å². The van der Waals surface area contributed by atoms with Gasteiger partial charge in [0.2, 0.25) is 0 Å². The van der Waals surface area contributed by atoms with Gasteiger partial charge >= 0.3 is 0 Å². The smallest absolute Gasteiger partial charge is 0.260 e. The predicted octanol–water partition coefficient (Wildman–Crippen LogP) is -0.291. The molecule has 0 bridgehead atoms. The fourth-order valence-corrected chi connectivity index (χ4v) is 2.45. The Hall–Kier alpha value is -0.0301. The Morgan fingerprint density at radius 3 is 2.44 bits per heavy atom. The second-order valence-corrected chi connectivity index (χ2v) is 5.55. The van der Waals surface area contributed by atoms with Crippen LogP contribution in [0.15, 0.2) is 0 Å². The van der Waals surface area contributed by atoms with E-state index in [9.17, 15) is 0 Å². The van der Waals surface area contributed by atoms with Crippen LogP contribution in [-0.2, 0) is 9.39 Å². The molecular weight excluding hydrogens is 226 g/mol. The van der Waals surface area contributed by atoms with Crippen molar-refractivity contribution in [2.45, 2.75) is 45.0 Å². The molecule has 1 heterocycles. The molecule has 0 aromatic carbocycles. The molecule has 1 atom stereocenters. The van der Waals surface area contributed by atoms with Crippen LogP contribution in [0.3, 0.4) is 0 Å². The summed E-state index contributed by atoms with van der Waals surface area (Å²) in [5.74, 6) is 0. The molecule has 104 valence electrons. The van der Waals surface area contributed by atoms with Gasteiger partial charge in [-0.1, -0.05) is 0 Å². The Labute approximate surface area is 114 Å². The number of hydrogen-bond donors (Lipinski definition) is 0. The molecule has 1 unspecified atom stereocenters. The zero-order chi connectivity index (χ0) is 13.6. The van der Waals surface area contributed by atoms with E-state index < -0.39 is 0 Å². The van der Waals surface area contributed by atoms with E-state index in [-0.39, 0.29) is 12.0 Å². The van der Waals surface area contributed by atoms with E-state index in [2.05, 4.69) is 38.5 Å². The number of ether oxygens (including phenoxy) is 1. The van der Waals surface area contributed by atoms with E-state index >= 15 is 0 Å². The molecule has 0 aliphatic carbocycles. The first kappa shape index (κ1) is 16.0. The zero-order valence-electron chi connectivity index (χ0n) is 12.7. The molecule has 1 rings (SSSR count). The van der Waals surface area contributed by atoms with E-state index in [0.717, 1.165) is 19.5 Å². The molecule has 0 saturated carbocycles. The third-order valence-electron chi connectivity index (χ3n) is 4.14. The third-order valence-corrected chi connectivity index (χ3v) is 4.14. The van der Waals surface area contributed by atoms with Crippen molar-refractivity contribution in [3.8, 4) is 0 Å². The van der Waals surface area contributed by atoms with E-state index in [1.165, 1.54) is 25.9 Å². The Bertz CT molecular complexity index is 232. The van der Waals surface area contributed by atoms with Gasteiger partial charge in [0, 0.05) is 6.54 Å². The summed E-state index contributed by atoms with van der Waals surface area (Å²) in [5, 5.41) is 0. The van der Waals surface area contributed by atoms with Gasteiger partial charge in [-0.15, -0.1) is 0 Å². The summed E-state index contributed by atoms with van der Waals surface area (Å²) in [5.41, 5.74) is 0.120. The van der Waals surface area contributed by atoms with E-state index in [1.807, 2.05) is 0 Å². The summed E-state index contributed by atoms with van der Waals surface area (Å²) in [4.78, 5) is 4.93. The van der Waals surface area contributed by atoms with Gasteiger partial charge in [-0.2, -0.15) is 0 Å². The third kappa shape index (κ3) is 4.26. The van der Waals surface area contributed by atoms with Crippen LogP contribution in [0.25, 0.3) is 0 Å². The summed E-state index contributed by atoms with van der Waals surface area (Å²) in [7, 11) is 5.95. The Morgan fingerprint density at radius 1 is 1.33 bits per heavy atom. The Kier molecular flexibility index (Phi) is 6.71. The lowest BCUT2D eigenvalue weighted by Gasteiger charge is -2.43. The van der Waals surface area contributed by atoms with E-state index in [4.69, 9.17) is 9.39 Å². The minimum atomic E-state index is -0.0618. The molecule has 1 fully saturated rings. The van der Waals surface area contributed by atoms with Crippen LogP contribution < -0.4 is 0 Å². The molecule has 0 amide bonds. The molecule has 18 heavy (non-hydrogen) atoms. The number of nitrogens with zero attached hydrogens (tertiary/aromatic N) is 2. The molecule has 4 nitrogen and oxygen atoms in total. The number of rotatable bonds is 8. The van der Waals surface area contributed by atoms with Gasteiger partial charge in [0.05, 0.1) is 12.3 Å². The van der Waals surface area contributed by atoms with Crippen molar-refractivity contribution in [1.29, 1.82) is 0 Å². The van der Waals surface area contributed by atoms with Gasteiger partial charge in [0.1, 0.15) is 14.1 Å². The van der Waals surface area contributed by atoms with Crippen LogP contribution in [0.2, 0.25) is 6.32 Å². The van der Waals surface area contributed by atoms with Crippen LogP contribution in [-0.4, -0.2) is 70.9 Å². The van der Waals surface area contributed by atoms with Crippen molar-refractivity contribution in [3.05, 3.63) is 0 Å². The average Bonchev–Trinajstić information content (AvgIpc) is 2.88. The van der Waals surface area contributed by atoms with Crippen LogP contribution in [0.5, 0.6) is 0 Å². The molecule has 6 heteroatoms. The van der Waals surface area contributed by atoms with Crippen molar-refractivity contribution in [2.75, 3.05) is 33.3 Å². The lowest BCUT2D eigenvalue weighted by molar-refractivity contribution is -0.0824.